The second kappa shape index (κ2) is 10.8. The summed E-state index contributed by atoms with van der Waals surface area (Å²) in [5, 5.41) is 5.47. The first kappa shape index (κ1) is 19.2. The van der Waals surface area contributed by atoms with Crippen molar-refractivity contribution in [3.8, 4) is 0 Å². The zero-order valence-electron chi connectivity index (χ0n) is 14.6. The molecular formula is C19H30N2O2. The molecule has 1 rings (SSSR count). The third-order valence-electron chi connectivity index (χ3n) is 4.24. The van der Waals surface area contributed by atoms with Crippen molar-refractivity contribution in [2.45, 2.75) is 52.4 Å². The topological polar surface area (TPSA) is 58.2 Å². The Morgan fingerprint density at radius 3 is 2.17 bits per heavy atom. The quantitative estimate of drug-likeness (QED) is 0.687. The molecule has 0 saturated carbocycles. The number of carbonyl (C=O) groups is 2. The molecule has 0 bridgehead atoms. The third-order valence-corrected chi connectivity index (χ3v) is 4.24. The number of nitrogens with one attached hydrogen (secondary N) is 2. The van der Waals surface area contributed by atoms with Gasteiger partial charge in [0.2, 0.25) is 0 Å². The zero-order valence-corrected chi connectivity index (χ0v) is 14.6. The van der Waals surface area contributed by atoms with Gasteiger partial charge in [-0.3, -0.25) is 9.59 Å². The van der Waals surface area contributed by atoms with Crippen LogP contribution in [0.25, 0.3) is 0 Å². The molecule has 0 heterocycles. The molecule has 4 nitrogen and oxygen atoms in total. The van der Waals surface area contributed by atoms with E-state index in [1.807, 2.05) is 37.3 Å². The van der Waals surface area contributed by atoms with Gasteiger partial charge in [0.1, 0.15) is 0 Å². The summed E-state index contributed by atoms with van der Waals surface area (Å²) in [6, 6.07) is 9.96. The molecule has 1 aromatic rings. The van der Waals surface area contributed by atoms with Crippen LogP contribution in [0.1, 0.15) is 57.9 Å². The molecule has 2 atom stereocenters. The van der Waals surface area contributed by atoms with Crippen LogP contribution in [0.3, 0.4) is 0 Å². The van der Waals surface area contributed by atoms with E-state index in [4.69, 9.17) is 0 Å². The summed E-state index contributed by atoms with van der Waals surface area (Å²) in [6.07, 6.45) is 4.43. The summed E-state index contributed by atoms with van der Waals surface area (Å²) in [6.45, 7) is 7.35. The lowest BCUT2D eigenvalue weighted by Crippen LogP contribution is -2.42. The zero-order chi connectivity index (χ0) is 17.1. The van der Waals surface area contributed by atoms with E-state index in [1.165, 1.54) is 0 Å². The van der Waals surface area contributed by atoms with Crippen LogP contribution in [0.2, 0.25) is 0 Å². The van der Waals surface area contributed by atoms with Crippen molar-refractivity contribution in [3.05, 3.63) is 35.9 Å². The molecule has 2 amide bonds. The summed E-state index contributed by atoms with van der Waals surface area (Å²) in [5.41, 5.74) is 1.15. The van der Waals surface area contributed by atoms with E-state index < -0.39 is 11.8 Å². The van der Waals surface area contributed by atoms with E-state index in [1.54, 1.807) is 0 Å². The molecule has 23 heavy (non-hydrogen) atoms. The maximum absolute atomic E-state index is 11.9. The minimum Gasteiger partial charge on any atom is -0.348 e. The smallest absolute Gasteiger partial charge is 0.309 e. The number of hydrogen-bond acceptors (Lipinski definition) is 2. The maximum atomic E-state index is 11.9. The van der Waals surface area contributed by atoms with Gasteiger partial charge >= 0.3 is 11.8 Å². The normalized spacial score (nSPS) is 13.2. The van der Waals surface area contributed by atoms with Gasteiger partial charge in [-0.05, 0) is 23.8 Å². The number of amides is 2. The minimum atomic E-state index is -0.543. The van der Waals surface area contributed by atoms with E-state index in [0.717, 1.165) is 31.2 Å². The second-order valence-corrected chi connectivity index (χ2v) is 6.15. The standard InChI is InChI=1S/C19H30N2O2/c1-4-6-10-16(5-2)14-21-19(23)18(22)20-13-15(3)17-11-8-7-9-12-17/h7-9,11-12,15-16H,4-6,10,13-14H2,1-3H3,(H,20,22)(H,21,23)/t15-,16+/m0/s1. The lowest BCUT2D eigenvalue weighted by Gasteiger charge is -2.16. The maximum Gasteiger partial charge on any atom is 0.309 e. The Morgan fingerprint density at radius 2 is 1.61 bits per heavy atom. The average Bonchev–Trinajstić information content (AvgIpc) is 2.60. The first-order chi connectivity index (χ1) is 11.1. The SMILES string of the molecule is CCCC[C@@H](CC)CNC(=O)C(=O)NC[C@H](C)c1ccccc1. The Morgan fingerprint density at radius 1 is 1.00 bits per heavy atom. The van der Waals surface area contributed by atoms with Crippen molar-refractivity contribution in [1.82, 2.24) is 10.6 Å². The van der Waals surface area contributed by atoms with Crippen molar-refractivity contribution in [3.63, 3.8) is 0 Å². The molecule has 0 unspecified atom stereocenters. The highest BCUT2D eigenvalue weighted by Gasteiger charge is 2.16. The summed E-state index contributed by atoms with van der Waals surface area (Å²) >= 11 is 0. The lowest BCUT2D eigenvalue weighted by molar-refractivity contribution is -0.139. The van der Waals surface area contributed by atoms with Gasteiger partial charge in [-0.15, -0.1) is 0 Å². The Hall–Kier alpha value is -1.84. The molecule has 128 valence electrons. The molecule has 0 radical (unpaired) electrons. The summed E-state index contributed by atoms with van der Waals surface area (Å²) in [4.78, 5) is 23.7. The van der Waals surface area contributed by atoms with Crippen LogP contribution in [0.4, 0.5) is 0 Å². The Balaban J connectivity index is 2.32. The fraction of sp³-hybridized carbons (Fsp3) is 0.579. The highest BCUT2D eigenvalue weighted by Crippen LogP contribution is 2.13. The first-order valence-electron chi connectivity index (χ1n) is 8.69. The molecule has 0 aliphatic heterocycles. The van der Waals surface area contributed by atoms with Crippen molar-refractivity contribution in [2.24, 2.45) is 5.92 Å². The van der Waals surface area contributed by atoms with Crippen LogP contribution >= 0.6 is 0 Å². The number of unbranched alkanes of at least 4 members (excludes halogenated alkanes) is 1. The van der Waals surface area contributed by atoms with Gasteiger partial charge in [-0.2, -0.15) is 0 Å². The molecule has 0 aliphatic rings. The third kappa shape index (κ3) is 7.31. The van der Waals surface area contributed by atoms with Crippen molar-refractivity contribution in [1.29, 1.82) is 0 Å². The number of carbonyl (C=O) groups excluding carboxylic acids is 2. The van der Waals surface area contributed by atoms with Gasteiger partial charge in [0.25, 0.3) is 0 Å². The van der Waals surface area contributed by atoms with Crippen LogP contribution in [-0.2, 0) is 9.59 Å². The van der Waals surface area contributed by atoms with Crippen LogP contribution in [-0.4, -0.2) is 24.9 Å². The predicted octanol–water partition coefficient (Wildman–Crippen LogP) is 3.24. The Labute approximate surface area is 140 Å². The fourth-order valence-corrected chi connectivity index (χ4v) is 2.49. The number of benzene rings is 1. The van der Waals surface area contributed by atoms with Gasteiger partial charge < -0.3 is 10.6 Å². The first-order valence-corrected chi connectivity index (χ1v) is 8.69. The minimum absolute atomic E-state index is 0.181. The molecule has 0 fully saturated rings. The highest BCUT2D eigenvalue weighted by molar-refractivity contribution is 6.35. The summed E-state index contributed by atoms with van der Waals surface area (Å²) < 4.78 is 0. The molecule has 0 saturated heterocycles. The molecule has 2 N–H and O–H groups in total. The van der Waals surface area contributed by atoms with Crippen LogP contribution in [0.5, 0.6) is 0 Å². The van der Waals surface area contributed by atoms with E-state index in [-0.39, 0.29) is 5.92 Å². The summed E-state index contributed by atoms with van der Waals surface area (Å²) in [5.74, 6) is -0.436. The molecule has 4 heteroatoms. The summed E-state index contributed by atoms with van der Waals surface area (Å²) in [7, 11) is 0. The van der Waals surface area contributed by atoms with Crippen molar-refractivity contribution >= 4 is 11.8 Å². The van der Waals surface area contributed by atoms with E-state index in [2.05, 4.69) is 24.5 Å². The lowest BCUT2D eigenvalue weighted by atomic mass is 9.99. The van der Waals surface area contributed by atoms with Crippen molar-refractivity contribution < 1.29 is 9.59 Å². The Bertz CT molecular complexity index is 474. The molecule has 1 aromatic carbocycles. The number of hydrogen-bond donors (Lipinski definition) is 2. The van der Waals surface area contributed by atoms with E-state index in [0.29, 0.717) is 19.0 Å². The second-order valence-electron chi connectivity index (χ2n) is 6.15. The molecule has 0 aromatic heterocycles. The average molecular weight is 318 g/mol. The van der Waals surface area contributed by atoms with E-state index >= 15 is 0 Å². The Kier molecular flexibility index (Phi) is 9.03. The van der Waals surface area contributed by atoms with Gasteiger partial charge in [0, 0.05) is 13.1 Å². The molecule has 0 aliphatic carbocycles. The van der Waals surface area contributed by atoms with Gasteiger partial charge in [0.15, 0.2) is 0 Å². The van der Waals surface area contributed by atoms with Crippen LogP contribution in [0, 0.1) is 5.92 Å². The van der Waals surface area contributed by atoms with Gasteiger partial charge in [0.05, 0.1) is 0 Å². The largest absolute Gasteiger partial charge is 0.348 e. The van der Waals surface area contributed by atoms with Crippen LogP contribution in [0.15, 0.2) is 30.3 Å². The van der Waals surface area contributed by atoms with E-state index in [9.17, 15) is 9.59 Å². The molecule has 0 spiro atoms. The van der Waals surface area contributed by atoms with Crippen LogP contribution < -0.4 is 10.6 Å². The molecular weight excluding hydrogens is 288 g/mol. The fourth-order valence-electron chi connectivity index (χ4n) is 2.49. The highest BCUT2D eigenvalue weighted by atomic mass is 16.2. The van der Waals surface area contributed by atoms with Crippen molar-refractivity contribution in [2.75, 3.05) is 13.1 Å². The van der Waals surface area contributed by atoms with Gasteiger partial charge in [-0.1, -0.05) is 70.4 Å². The van der Waals surface area contributed by atoms with Gasteiger partial charge in [-0.25, -0.2) is 0 Å². The number of rotatable bonds is 9. The predicted molar refractivity (Wildman–Crippen MR) is 94.2 cm³/mol. The monoisotopic (exact) mass is 318 g/mol.